The van der Waals surface area contributed by atoms with Gasteiger partial charge in [-0.3, -0.25) is 4.79 Å². The number of amides is 1. The van der Waals surface area contributed by atoms with Crippen LogP contribution in [0.1, 0.15) is 23.5 Å². The molecular weight excluding hydrogens is 464 g/mol. The molecule has 0 aromatic heterocycles. The fourth-order valence-corrected chi connectivity index (χ4v) is 6.44. The van der Waals surface area contributed by atoms with E-state index in [0.717, 1.165) is 11.1 Å². The van der Waals surface area contributed by atoms with E-state index in [1.807, 2.05) is 42.5 Å². The van der Waals surface area contributed by atoms with Gasteiger partial charge < -0.3 is 24.3 Å². The van der Waals surface area contributed by atoms with Crippen molar-refractivity contribution in [2.45, 2.75) is 17.9 Å². The predicted molar refractivity (Wildman–Crippen MR) is 128 cm³/mol. The number of hydrogen-bond donors (Lipinski definition) is 2. The molecule has 0 aliphatic rings. The SMILES string of the molecule is Br.C=CC(=O)Nc1ccc(C(c2ccccc2)C(CCN)[Si](OC)(OC)OC)cc1. The molecule has 0 fully saturated rings. The second kappa shape index (κ2) is 12.8. The van der Waals surface area contributed by atoms with E-state index >= 15 is 0 Å². The van der Waals surface area contributed by atoms with Gasteiger partial charge in [0.15, 0.2) is 0 Å². The Kier molecular flexibility index (Phi) is 11.2. The topological polar surface area (TPSA) is 82.8 Å². The summed E-state index contributed by atoms with van der Waals surface area (Å²) in [6.45, 7) is 3.96. The third-order valence-corrected chi connectivity index (χ3v) is 8.31. The van der Waals surface area contributed by atoms with E-state index < -0.39 is 8.80 Å². The van der Waals surface area contributed by atoms with Crippen LogP contribution >= 0.6 is 17.0 Å². The van der Waals surface area contributed by atoms with E-state index in [1.165, 1.54) is 6.08 Å². The zero-order chi connectivity index (χ0) is 21.3. The molecular formula is C22H31BrN2O4Si. The minimum Gasteiger partial charge on any atom is -0.377 e. The number of rotatable bonds is 11. The van der Waals surface area contributed by atoms with Crippen LogP contribution < -0.4 is 11.1 Å². The molecule has 2 rings (SSSR count). The van der Waals surface area contributed by atoms with Crippen LogP contribution in [0.3, 0.4) is 0 Å². The maximum atomic E-state index is 11.6. The molecule has 2 unspecified atom stereocenters. The Morgan fingerprint density at radius 3 is 2.03 bits per heavy atom. The van der Waals surface area contributed by atoms with Crippen molar-refractivity contribution in [2.24, 2.45) is 5.73 Å². The summed E-state index contributed by atoms with van der Waals surface area (Å²) in [6, 6.07) is 17.9. The minimum atomic E-state index is -3.01. The van der Waals surface area contributed by atoms with Crippen molar-refractivity contribution < 1.29 is 18.1 Å². The van der Waals surface area contributed by atoms with E-state index in [9.17, 15) is 4.79 Å². The summed E-state index contributed by atoms with van der Waals surface area (Å²) < 4.78 is 17.5. The normalized spacial score (nSPS) is 13.1. The number of carbonyl (C=O) groups excluding carboxylic acids is 1. The monoisotopic (exact) mass is 494 g/mol. The highest BCUT2D eigenvalue weighted by molar-refractivity contribution is 8.93. The number of nitrogens with two attached hydrogens (primary N) is 1. The second-order valence-corrected chi connectivity index (χ2v) is 9.78. The molecule has 30 heavy (non-hydrogen) atoms. The second-order valence-electron chi connectivity index (χ2n) is 6.60. The first kappa shape index (κ1) is 26.2. The summed E-state index contributed by atoms with van der Waals surface area (Å²) in [5, 5.41) is 2.77. The first-order valence-corrected chi connectivity index (χ1v) is 11.3. The predicted octanol–water partition coefficient (Wildman–Crippen LogP) is 4.12. The molecule has 0 aliphatic carbocycles. The van der Waals surface area contributed by atoms with Gasteiger partial charge >= 0.3 is 8.80 Å². The zero-order valence-corrected chi connectivity index (χ0v) is 20.4. The van der Waals surface area contributed by atoms with Gasteiger partial charge in [0.05, 0.1) is 0 Å². The van der Waals surface area contributed by atoms with Gasteiger partial charge in [0, 0.05) is 38.5 Å². The van der Waals surface area contributed by atoms with Crippen molar-refractivity contribution in [3.63, 3.8) is 0 Å². The molecule has 0 saturated heterocycles. The highest BCUT2D eigenvalue weighted by atomic mass is 79.9. The Morgan fingerprint density at radius 1 is 1.03 bits per heavy atom. The van der Waals surface area contributed by atoms with E-state index in [2.05, 4.69) is 24.0 Å². The van der Waals surface area contributed by atoms with E-state index in [4.69, 9.17) is 19.0 Å². The standard InChI is InChI=1S/C22H30N2O4Si.BrH/c1-5-21(25)24-19-13-11-18(12-14-19)22(17-9-7-6-8-10-17)20(15-16-23)29(26-2,27-3)28-4;/h5-14,20,22H,1,15-16,23H2,2-4H3,(H,24,25);1H. The summed E-state index contributed by atoms with van der Waals surface area (Å²) >= 11 is 0. The molecule has 0 aliphatic heterocycles. The van der Waals surface area contributed by atoms with Crippen LogP contribution in [0, 0.1) is 0 Å². The number of nitrogens with one attached hydrogen (secondary N) is 1. The Morgan fingerprint density at radius 2 is 1.57 bits per heavy atom. The molecule has 0 bridgehead atoms. The van der Waals surface area contributed by atoms with E-state index in [0.29, 0.717) is 18.7 Å². The van der Waals surface area contributed by atoms with Crippen molar-refractivity contribution in [2.75, 3.05) is 33.2 Å². The van der Waals surface area contributed by atoms with Gasteiger partial charge in [-0.05, 0) is 42.3 Å². The summed E-state index contributed by atoms with van der Waals surface area (Å²) in [5.74, 6) is -0.293. The maximum Gasteiger partial charge on any atom is 0.504 e. The van der Waals surface area contributed by atoms with Gasteiger partial charge in [-0.1, -0.05) is 49.0 Å². The quantitative estimate of drug-likeness (QED) is 0.362. The van der Waals surface area contributed by atoms with Gasteiger partial charge in [-0.15, -0.1) is 17.0 Å². The first-order valence-electron chi connectivity index (χ1n) is 9.49. The lowest BCUT2D eigenvalue weighted by Gasteiger charge is -2.38. The van der Waals surface area contributed by atoms with Crippen LogP contribution in [0.15, 0.2) is 67.3 Å². The number of halogens is 1. The Labute approximate surface area is 190 Å². The molecule has 0 heterocycles. The number of carbonyl (C=O) groups is 1. The van der Waals surface area contributed by atoms with Gasteiger partial charge in [0.2, 0.25) is 5.91 Å². The van der Waals surface area contributed by atoms with Crippen LogP contribution in [-0.2, 0) is 18.1 Å². The number of benzene rings is 2. The van der Waals surface area contributed by atoms with Crippen LogP contribution in [0.5, 0.6) is 0 Å². The zero-order valence-electron chi connectivity index (χ0n) is 17.7. The van der Waals surface area contributed by atoms with Gasteiger partial charge in [-0.25, -0.2) is 0 Å². The van der Waals surface area contributed by atoms with Crippen molar-refractivity contribution in [3.05, 3.63) is 78.4 Å². The Bertz CT molecular complexity index is 777. The van der Waals surface area contributed by atoms with Gasteiger partial charge in [0.1, 0.15) is 0 Å². The van der Waals surface area contributed by atoms with Gasteiger partial charge in [-0.2, -0.15) is 0 Å². The van der Waals surface area contributed by atoms with E-state index in [1.54, 1.807) is 21.3 Å². The van der Waals surface area contributed by atoms with Gasteiger partial charge in [0.25, 0.3) is 0 Å². The van der Waals surface area contributed by atoms with Crippen LogP contribution in [0.4, 0.5) is 5.69 Å². The molecule has 3 N–H and O–H groups in total. The third kappa shape index (κ3) is 6.10. The smallest absolute Gasteiger partial charge is 0.377 e. The van der Waals surface area contributed by atoms with Crippen molar-refractivity contribution >= 4 is 37.4 Å². The van der Waals surface area contributed by atoms with E-state index in [-0.39, 0.29) is 34.3 Å². The van der Waals surface area contributed by atoms with Crippen molar-refractivity contribution in [1.82, 2.24) is 0 Å². The first-order chi connectivity index (χ1) is 14.0. The fraction of sp³-hybridized carbons (Fsp3) is 0.318. The highest BCUT2D eigenvalue weighted by Gasteiger charge is 2.51. The summed E-state index contributed by atoms with van der Waals surface area (Å²) in [7, 11) is 1.87. The molecule has 2 atom stereocenters. The summed E-state index contributed by atoms with van der Waals surface area (Å²) in [6.07, 6.45) is 1.92. The molecule has 2 aromatic rings. The molecule has 0 saturated carbocycles. The lowest BCUT2D eigenvalue weighted by Crippen LogP contribution is -2.50. The number of hydrogen-bond acceptors (Lipinski definition) is 5. The average Bonchev–Trinajstić information content (AvgIpc) is 2.77. The van der Waals surface area contributed by atoms with Crippen LogP contribution in [-0.4, -0.2) is 42.6 Å². The lowest BCUT2D eigenvalue weighted by atomic mass is 9.86. The maximum absolute atomic E-state index is 11.6. The number of anilines is 1. The third-order valence-electron chi connectivity index (χ3n) is 5.07. The molecule has 8 heteroatoms. The minimum absolute atomic E-state index is 0. The Balaban J connectivity index is 0.00000450. The average molecular weight is 495 g/mol. The van der Waals surface area contributed by atoms with Crippen molar-refractivity contribution in [3.8, 4) is 0 Å². The summed E-state index contributed by atoms with van der Waals surface area (Å²) in [5.41, 5.74) is 8.79. The summed E-state index contributed by atoms with van der Waals surface area (Å²) in [4.78, 5) is 11.6. The highest BCUT2D eigenvalue weighted by Crippen LogP contribution is 2.44. The molecule has 0 radical (unpaired) electrons. The molecule has 2 aromatic carbocycles. The van der Waals surface area contributed by atoms with Crippen LogP contribution in [0.25, 0.3) is 0 Å². The molecule has 0 spiro atoms. The molecule has 6 nitrogen and oxygen atoms in total. The Hall–Kier alpha value is -1.81. The van der Waals surface area contributed by atoms with Crippen LogP contribution in [0.2, 0.25) is 5.54 Å². The lowest BCUT2D eigenvalue weighted by molar-refractivity contribution is -0.111. The molecule has 1 amide bonds. The molecule has 164 valence electrons. The fourth-order valence-electron chi connectivity index (χ4n) is 3.72. The largest absolute Gasteiger partial charge is 0.504 e. The van der Waals surface area contributed by atoms with Crippen molar-refractivity contribution in [1.29, 1.82) is 0 Å².